The van der Waals surface area contributed by atoms with Crippen molar-refractivity contribution in [3.05, 3.63) is 48.4 Å². The van der Waals surface area contributed by atoms with E-state index >= 15 is 0 Å². The minimum Gasteiger partial charge on any atom is -0.472 e. The van der Waals surface area contributed by atoms with Gasteiger partial charge in [0.1, 0.15) is 5.82 Å². The highest BCUT2D eigenvalue weighted by molar-refractivity contribution is 5.90. The van der Waals surface area contributed by atoms with Gasteiger partial charge in [0, 0.05) is 43.7 Å². The first-order chi connectivity index (χ1) is 13.2. The van der Waals surface area contributed by atoms with Crippen molar-refractivity contribution in [1.82, 2.24) is 15.3 Å². The third kappa shape index (κ3) is 4.22. The molecule has 0 unspecified atom stereocenters. The van der Waals surface area contributed by atoms with E-state index in [4.69, 9.17) is 14.4 Å². The second kappa shape index (κ2) is 7.96. The van der Waals surface area contributed by atoms with E-state index in [1.54, 1.807) is 12.5 Å². The molecular weight excluding hydrogens is 338 g/mol. The van der Waals surface area contributed by atoms with Crippen molar-refractivity contribution in [3.8, 4) is 0 Å². The molecule has 6 heteroatoms. The second-order valence-electron chi connectivity index (χ2n) is 7.49. The number of rotatable bonds is 6. The van der Waals surface area contributed by atoms with Crippen LogP contribution in [-0.2, 0) is 6.54 Å². The largest absolute Gasteiger partial charge is 0.472 e. The number of anilines is 2. The number of furan rings is 1. The molecule has 0 aliphatic heterocycles. The van der Waals surface area contributed by atoms with Crippen LogP contribution >= 0.6 is 0 Å². The zero-order chi connectivity index (χ0) is 18.6. The van der Waals surface area contributed by atoms with E-state index in [1.165, 1.54) is 5.56 Å². The Kier molecular flexibility index (Phi) is 5.25. The zero-order valence-electron chi connectivity index (χ0n) is 16.0. The molecule has 27 heavy (non-hydrogen) atoms. The predicted molar refractivity (Wildman–Crippen MR) is 109 cm³/mol. The summed E-state index contributed by atoms with van der Waals surface area (Å²) in [7, 11) is 4.05. The van der Waals surface area contributed by atoms with Gasteiger partial charge in [-0.2, -0.15) is 4.98 Å². The molecule has 2 aromatic heterocycles. The molecule has 1 aliphatic carbocycles. The van der Waals surface area contributed by atoms with Crippen LogP contribution in [0, 0.1) is 0 Å². The van der Waals surface area contributed by atoms with Crippen molar-refractivity contribution in [1.29, 1.82) is 0 Å². The number of para-hydroxylation sites is 1. The number of aromatic nitrogens is 2. The molecule has 1 aromatic carbocycles. The smallest absolute Gasteiger partial charge is 0.225 e. The van der Waals surface area contributed by atoms with E-state index in [2.05, 4.69) is 16.7 Å². The summed E-state index contributed by atoms with van der Waals surface area (Å²) >= 11 is 0. The normalized spacial score (nSPS) is 19.9. The Morgan fingerprint density at radius 2 is 1.81 bits per heavy atom. The molecule has 1 saturated carbocycles. The monoisotopic (exact) mass is 365 g/mol. The van der Waals surface area contributed by atoms with Crippen molar-refractivity contribution < 1.29 is 4.42 Å². The summed E-state index contributed by atoms with van der Waals surface area (Å²) in [6.45, 7) is 0.874. The standard InChI is InChI=1S/C21H27N5O/c1-26(2)20-18-5-3-4-6-19(18)24-21(25-20)23-17-9-7-16(8-10-17)22-13-15-11-12-27-14-15/h3-6,11-12,14,16-17,22H,7-10,13H2,1-2H3,(H,23,24,25). The topological polar surface area (TPSA) is 66.2 Å². The van der Waals surface area contributed by atoms with E-state index in [1.807, 2.05) is 43.3 Å². The first-order valence-electron chi connectivity index (χ1n) is 9.64. The number of fused-ring (bicyclic) bond motifs is 1. The number of hydrogen-bond acceptors (Lipinski definition) is 6. The maximum absolute atomic E-state index is 5.13. The molecular formula is C21H27N5O. The Bertz CT molecular complexity index is 869. The molecule has 6 nitrogen and oxygen atoms in total. The van der Waals surface area contributed by atoms with Crippen molar-refractivity contribution in [3.63, 3.8) is 0 Å². The van der Waals surface area contributed by atoms with Crippen LogP contribution in [-0.4, -0.2) is 36.1 Å². The van der Waals surface area contributed by atoms with Crippen LogP contribution in [0.15, 0.2) is 47.3 Å². The highest BCUT2D eigenvalue weighted by Gasteiger charge is 2.22. The molecule has 1 fully saturated rings. The molecule has 142 valence electrons. The van der Waals surface area contributed by atoms with E-state index < -0.39 is 0 Å². The Hall–Kier alpha value is -2.60. The van der Waals surface area contributed by atoms with Crippen LogP contribution in [0.3, 0.4) is 0 Å². The lowest BCUT2D eigenvalue weighted by Crippen LogP contribution is -2.36. The van der Waals surface area contributed by atoms with Gasteiger partial charge in [0.25, 0.3) is 0 Å². The molecule has 0 saturated heterocycles. The van der Waals surface area contributed by atoms with Crippen molar-refractivity contribution in [2.45, 2.75) is 44.3 Å². The minimum absolute atomic E-state index is 0.424. The van der Waals surface area contributed by atoms with Gasteiger partial charge in [-0.1, -0.05) is 12.1 Å². The summed E-state index contributed by atoms with van der Waals surface area (Å²) < 4.78 is 5.13. The van der Waals surface area contributed by atoms with Gasteiger partial charge in [0.2, 0.25) is 5.95 Å². The summed E-state index contributed by atoms with van der Waals surface area (Å²) in [6, 6.07) is 11.2. The highest BCUT2D eigenvalue weighted by Crippen LogP contribution is 2.26. The molecule has 0 bridgehead atoms. The summed E-state index contributed by atoms with van der Waals surface area (Å²) in [5.41, 5.74) is 2.19. The molecule has 3 aromatic rings. The molecule has 2 N–H and O–H groups in total. The van der Waals surface area contributed by atoms with E-state index in [0.717, 1.165) is 54.9 Å². The van der Waals surface area contributed by atoms with Gasteiger partial charge in [-0.3, -0.25) is 0 Å². The number of nitrogens with zero attached hydrogens (tertiary/aromatic N) is 3. The summed E-state index contributed by atoms with van der Waals surface area (Å²) in [4.78, 5) is 11.5. The Balaban J connectivity index is 1.37. The first-order valence-corrected chi connectivity index (χ1v) is 9.64. The van der Waals surface area contributed by atoms with Gasteiger partial charge < -0.3 is 20.0 Å². The van der Waals surface area contributed by atoms with Gasteiger partial charge in [0.05, 0.1) is 18.0 Å². The van der Waals surface area contributed by atoms with Crippen LogP contribution in [0.1, 0.15) is 31.2 Å². The fraction of sp³-hybridized carbons (Fsp3) is 0.429. The highest BCUT2D eigenvalue weighted by atomic mass is 16.3. The molecule has 1 aliphatic rings. The van der Waals surface area contributed by atoms with E-state index in [-0.39, 0.29) is 0 Å². The van der Waals surface area contributed by atoms with Crippen LogP contribution < -0.4 is 15.5 Å². The lowest BCUT2D eigenvalue weighted by Gasteiger charge is -2.30. The van der Waals surface area contributed by atoms with Crippen LogP contribution in [0.2, 0.25) is 0 Å². The minimum atomic E-state index is 0.424. The zero-order valence-corrected chi connectivity index (χ0v) is 16.0. The van der Waals surface area contributed by atoms with Crippen molar-refractivity contribution >= 4 is 22.7 Å². The van der Waals surface area contributed by atoms with Crippen LogP contribution in [0.25, 0.3) is 10.9 Å². The fourth-order valence-electron chi connectivity index (χ4n) is 3.75. The number of hydrogen-bond donors (Lipinski definition) is 2. The van der Waals surface area contributed by atoms with Crippen molar-refractivity contribution in [2.75, 3.05) is 24.3 Å². The third-order valence-corrected chi connectivity index (χ3v) is 5.24. The van der Waals surface area contributed by atoms with Crippen molar-refractivity contribution in [2.24, 2.45) is 0 Å². The third-order valence-electron chi connectivity index (χ3n) is 5.24. The molecule has 0 amide bonds. The van der Waals surface area contributed by atoms with E-state index in [0.29, 0.717) is 12.1 Å². The average molecular weight is 365 g/mol. The second-order valence-corrected chi connectivity index (χ2v) is 7.49. The lowest BCUT2D eigenvalue weighted by atomic mass is 9.91. The maximum Gasteiger partial charge on any atom is 0.225 e. The fourth-order valence-corrected chi connectivity index (χ4v) is 3.75. The van der Waals surface area contributed by atoms with Gasteiger partial charge in [-0.15, -0.1) is 0 Å². The summed E-state index contributed by atoms with van der Waals surface area (Å²) in [5, 5.41) is 8.28. The molecule has 0 radical (unpaired) electrons. The average Bonchev–Trinajstić information content (AvgIpc) is 3.20. The molecule has 4 rings (SSSR count). The predicted octanol–water partition coefficient (Wildman–Crippen LogP) is 3.80. The lowest BCUT2D eigenvalue weighted by molar-refractivity contribution is 0.352. The first kappa shape index (κ1) is 17.8. The Morgan fingerprint density at radius 1 is 1.04 bits per heavy atom. The number of nitrogens with one attached hydrogen (secondary N) is 2. The van der Waals surface area contributed by atoms with Gasteiger partial charge in [0.15, 0.2) is 0 Å². The Labute approximate surface area is 160 Å². The number of benzene rings is 1. The quantitative estimate of drug-likeness (QED) is 0.693. The maximum atomic E-state index is 5.13. The van der Waals surface area contributed by atoms with E-state index in [9.17, 15) is 0 Å². The summed E-state index contributed by atoms with van der Waals surface area (Å²) in [5.74, 6) is 1.69. The SMILES string of the molecule is CN(C)c1nc(NC2CCC(NCc3ccoc3)CC2)nc2ccccc12. The Morgan fingerprint density at radius 3 is 2.56 bits per heavy atom. The molecule has 0 spiro atoms. The van der Waals surface area contributed by atoms with Crippen LogP contribution in [0.4, 0.5) is 11.8 Å². The van der Waals surface area contributed by atoms with Crippen LogP contribution in [0.5, 0.6) is 0 Å². The summed E-state index contributed by atoms with van der Waals surface area (Å²) in [6.07, 6.45) is 8.09. The molecule has 0 atom stereocenters. The van der Waals surface area contributed by atoms with Gasteiger partial charge in [-0.25, -0.2) is 4.98 Å². The molecule has 2 heterocycles. The van der Waals surface area contributed by atoms with Gasteiger partial charge >= 0.3 is 0 Å². The van der Waals surface area contributed by atoms with Gasteiger partial charge in [-0.05, 0) is 43.9 Å².